The molecule has 0 aliphatic rings. The highest BCUT2D eigenvalue weighted by atomic mass is 16.6. The molecular formula is C16H18N2O3. The molecule has 1 unspecified atom stereocenters. The van der Waals surface area contributed by atoms with Crippen molar-refractivity contribution in [2.24, 2.45) is 5.73 Å². The van der Waals surface area contributed by atoms with E-state index < -0.39 is 4.92 Å². The maximum Gasteiger partial charge on any atom is 0.311 e. The summed E-state index contributed by atoms with van der Waals surface area (Å²) >= 11 is 0. The largest absolute Gasteiger partial charge is 0.482 e. The first-order valence-corrected chi connectivity index (χ1v) is 6.70. The van der Waals surface area contributed by atoms with Crippen molar-refractivity contribution in [3.63, 3.8) is 0 Å². The van der Waals surface area contributed by atoms with Crippen molar-refractivity contribution in [3.8, 4) is 5.75 Å². The number of rotatable bonds is 5. The van der Waals surface area contributed by atoms with Gasteiger partial charge in [0.2, 0.25) is 5.75 Å². The van der Waals surface area contributed by atoms with Crippen molar-refractivity contribution < 1.29 is 9.66 Å². The van der Waals surface area contributed by atoms with E-state index in [1.807, 2.05) is 36.4 Å². The topological polar surface area (TPSA) is 78.4 Å². The Hall–Kier alpha value is -2.40. The normalized spacial score (nSPS) is 12.0. The van der Waals surface area contributed by atoms with Gasteiger partial charge in [-0.1, -0.05) is 36.4 Å². The molecule has 1 atom stereocenters. The van der Waals surface area contributed by atoms with Crippen molar-refractivity contribution in [3.05, 3.63) is 69.3 Å². The maximum absolute atomic E-state index is 11.2. The zero-order valence-corrected chi connectivity index (χ0v) is 12.1. The number of nitrogens with two attached hydrogens (primary N) is 1. The quantitative estimate of drug-likeness (QED) is 0.674. The van der Waals surface area contributed by atoms with Crippen LogP contribution in [0, 0.1) is 17.0 Å². The average molecular weight is 286 g/mol. The van der Waals surface area contributed by atoms with Gasteiger partial charge in [0.05, 0.1) is 4.92 Å². The smallest absolute Gasteiger partial charge is 0.311 e. The SMILES string of the molecule is Cc1cc(C(C)N)c(OCc2ccccc2)c([N+](=O)[O-])c1. The molecule has 2 aromatic carbocycles. The summed E-state index contributed by atoms with van der Waals surface area (Å²) in [6.07, 6.45) is 0. The summed E-state index contributed by atoms with van der Waals surface area (Å²) < 4.78 is 5.71. The minimum atomic E-state index is -0.431. The van der Waals surface area contributed by atoms with E-state index in [0.29, 0.717) is 5.56 Å². The van der Waals surface area contributed by atoms with Crippen LogP contribution in [0.5, 0.6) is 5.75 Å². The van der Waals surface area contributed by atoms with Crippen LogP contribution >= 0.6 is 0 Å². The first-order chi connectivity index (χ1) is 9.99. The number of benzene rings is 2. The zero-order valence-electron chi connectivity index (χ0n) is 12.1. The molecule has 0 heterocycles. The molecule has 0 amide bonds. The van der Waals surface area contributed by atoms with E-state index in [4.69, 9.17) is 10.5 Å². The summed E-state index contributed by atoms with van der Waals surface area (Å²) in [5, 5.41) is 11.2. The minimum absolute atomic E-state index is 0.0433. The number of nitrogens with zero attached hydrogens (tertiary/aromatic N) is 1. The third kappa shape index (κ3) is 3.58. The van der Waals surface area contributed by atoms with Crippen LogP contribution in [0.15, 0.2) is 42.5 Å². The van der Waals surface area contributed by atoms with Crippen LogP contribution in [0.4, 0.5) is 5.69 Å². The van der Waals surface area contributed by atoms with Gasteiger partial charge in [-0.15, -0.1) is 0 Å². The van der Waals surface area contributed by atoms with Crippen molar-refractivity contribution in [2.75, 3.05) is 0 Å². The highest BCUT2D eigenvalue weighted by molar-refractivity contribution is 5.55. The van der Waals surface area contributed by atoms with Crippen molar-refractivity contribution in [1.29, 1.82) is 0 Å². The number of nitro groups is 1. The Labute approximate surface area is 123 Å². The molecule has 0 aromatic heterocycles. The first kappa shape index (κ1) is 15.0. The fourth-order valence-corrected chi connectivity index (χ4v) is 2.14. The molecule has 0 bridgehead atoms. The Kier molecular flexibility index (Phi) is 4.55. The van der Waals surface area contributed by atoms with E-state index in [1.165, 1.54) is 6.07 Å². The summed E-state index contributed by atoms with van der Waals surface area (Å²) in [6, 6.07) is 12.5. The molecule has 5 heteroatoms. The van der Waals surface area contributed by atoms with Crippen LogP contribution in [-0.4, -0.2) is 4.92 Å². The van der Waals surface area contributed by atoms with Crippen LogP contribution in [0.3, 0.4) is 0 Å². The van der Waals surface area contributed by atoms with Gasteiger partial charge in [-0.2, -0.15) is 0 Å². The molecule has 2 aromatic rings. The lowest BCUT2D eigenvalue weighted by Gasteiger charge is -2.15. The van der Waals surface area contributed by atoms with Gasteiger partial charge >= 0.3 is 5.69 Å². The van der Waals surface area contributed by atoms with Gasteiger partial charge in [-0.25, -0.2) is 0 Å². The van der Waals surface area contributed by atoms with Crippen molar-refractivity contribution >= 4 is 5.69 Å². The summed E-state index contributed by atoms with van der Waals surface area (Å²) in [5.41, 5.74) is 8.27. The Morgan fingerprint density at radius 2 is 1.95 bits per heavy atom. The Balaban J connectivity index is 2.38. The average Bonchev–Trinajstić information content (AvgIpc) is 2.46. The number of ether oxygens (including phenoxy) is 1. The second-order valence-electron chi connectivity index (χ2n) is 5.02. The zero-order chi connectivity index (χ0) is 15.4. The van der Waals surface area contributed by atoms with Gasteiger partial charge in [0.15, 0.2) is 0 Å². The molecule has 5 nitrogen and oxygen atoms in total. The van der Waals surface area contributed by atoms with E-state index in [2.05, 4.69) is 0 Å². The number of hydrogen-bond donors (Lipinski definition) is 1. The number of aryl methyl sites for hydroxylation is 1. The lowest BCUT2D eigenvalue weighted by Crippen LogP contribution is -2.10. The van der Waals surface area contributed by atoms with E-state index in [1.54, 1.807) is 13.8 Å². The second-order valence-corrected chi connectivity index (χ2v) is 5.02. The van der Waals surface area contributed by atoms with E-state index in [-0.39, 0.29) is 24.1 Å². The van der Waals surface area contributed by atoms with Gasteiger partial charge in [0.25, 0.3) is 0 Å². The third-order valence-electron chi connectivity index (χ3n) is 3.16. The highest BCUT2D eigenvalue weighted by Gasteiger charge is 2.22. The number of hydrogen-bond acceptors (Lipinski definition) is 4. The van der Waals surface area contributed by atoms with Crippen LogP contribution in [0.2, 0.25) is 0 Å². The lowest BCUT2D eigenvalue weighted by atomic mass is 10.0. The standard InChI is InChI=1S/C16H18N2O3/c1-11-8-14(12(2)17)16(15(9-11)18(19)20)21-10-13-6-4-3-5-7-13/h3-9,12H,10,17H2,1-2H3. The van der Waals surface area contributed by atoms with E-state index >= 15 is 0 Å². The van der Waals surface area contributed by atoms with E-state index in [9.17, 15) is 10.1 Å². The van der Waals surface area contributed by atoms with Gasteiger partial charge in [-0.3, -0.25) is 10.1 Å². The summed E-state index contributed by atoms with van der Waals surface area (Å²) in [4.78, 5) is 10.8. The molecule has 0 spiro atoms. The predicted octanol–water partition coefficient (Wildman–Crippen LogP) is 3.50. The van der Waals surface area contributed by atoms with E-state index in [0.717, 1.165) is 11.1 Å². The molecular weight excluding hydrogens is 268 g/mol. The molecule has 110 valence electrons. The molecule has 0 saturated carbocycles. The monoisotopic (exact) mass is 286 g/mol. The van der Waals surface area contributed by atoms with Gasteiger partial charge in [-0.05, 0) is 25.0 Å². The van der Waals surface area contributed by atoms with Crippen molar-refractivity contribution in [2.45, 2.75) is 26.5 Å². The molecule has 0 aliphatic heterocycles. The van der Waals surface area contributed by atoms with Gasteiger partial charge in [0.1, 0.15) is 6.61 Å². The fourth-order valence-electron chi connectivity index (χ4n) is 2.14. The molecule has 2 N–H and O–H groups in total. The highest BCUT2D eigenvalue weighted by Crippen LogP contribution is 2.36. The Bertz CT molecular complexity index is 639. The Morgan fingerprint density at radius 1 is 1.29 bits per heavy atom. The minimum Gasteiger partial charge on any atom is -0.482 e. The van der Waals surface area contributed by atoms with Crippen LogP contribution < -0.4 is 10.5 Å². The van der Waals surface area contributed by atoms with Crippen LogP contribution in [0.25, 0.3) is 0 Å². The van der Waals surface area contributed by atoms with Gasteiger partial charge < -0.3 is 10.5 Å². The fraction of sp³-hybridized carbons (Fsp3) is 0.250. The molecule has 2 rings (SSSR count). The van der Waals surface area contributed by atoms with Crippen LogP contribution in [0.1, 0.15) is 29.7 Å². The third-order valence-corrected chi connectivity index (χ3v) is 3.16. The molecule has 21 heavy (non-hydrogen) atoms. The number of nitro benzene ring substituents is 1. The van der Waals surface area contributed by atoms with Gasteiger partial charge in [0, 0.05) is 17.7 Å². The molecule has 0 radical (unpaired) electrons. The molecule has 0 fully saturated rings. The molecule has 0 aliphatic carbocycles. The second kappa shape index (κ2) is 6.37. The maximum atomic E-state index is 11.2. The summed E-state index contributed by atoms with van der Waals surface area (Å²) in [7, 11) is 0. The Morgan fingerprint density at radius 3 is 2.52 bits per heavy atom. The first-order valence-electron chi connectivity index (χ1n) is 6.70. The summed E-state index contributed by atoms with van der Waals surface area (Å²) in [5.74, 6) is 0.254. The van der Waals surface area contributed by atoms with Crippen LogP contribution in [-0.2, 0) is 6.61 Å². The predicted molar refractivity (Wildman–Crippen MR) is 81.2 cm³/mol. The van der Waals surface area contributed by atoms with Crippen molar-refractivity contribution in [1.82, 2.24) is 0 Å². The molecule has 0 saturated heterocycles. The lowest BCUT2D eigenvalue weighted by molar-refractivity contribution is -0.386. The summed E-state index contributed by atoms with van der Waals surface area (Å²) in [6.45, 7) is 3.86.